The van der Waals surface area contributed by atoms with Crippen LogP contribution in [0.3, 0.4) is 0 Å². The molecule has 2 heteroatoms. The van der Waals surface area contributed by atoms with Crippen LogP contribution in [-0.2, 0) is 5.41 Å². The highest BCUT2D eigenvalue weighted by Gasteiger charge is 2.46. The van der Waals surface area contributed by atoms with Crippen LogP contribution >= 0.6 is 0 Å². The van der Waals surface area contributed by atoms with E-state index in [4.69, 9.17) is 0 Å². The average Bonchev–Trinajstić information content (AvgIpc) is 3.92. The highest BCUT2D eigenvalue weighted by molar-refractivity contribution is 6.11. The lowest BCUT2D eigenvalue weighted by molar-refractivity contribution is 0.768. The zero-order valence-electron chi connectivity index (χ0n) is 38.0. The molecule has 13 rings (SSSR count). The van der Waals surface area contributed by atoms with Crippen molar-refractivity contribution in [2.75, 3.05) is 4.90 Å². The maximum Gasteiger partial charge on any atom is 0.0714 e. The molecule has 0 spiro atoms. The number of nitrogens with zero attached hydrogens (tertiary/aromatic N) is 2. The molecule has 11 aromatic carbocycles. The number of hydrogen-bond donors (Lipinski definition) is 0. The third-order valence-corrected chi connectivity index (χ3v) is 14.3. The zero-order chi connectivity index (χ0) is 45.7. The highest BCUT2D eigenvalue weighted by atomic mass is 15.1. The fraction of sp³-hybridized carbons (Fsp3) is 0.0149. The molecule has 0 amide bonds. The van der Waals surface area contributed by atoms with E-state index in [2.05, 4.69) is 289 Å². The van der Waals surface area contributed by atoms with E-state index in [9.17, 15) is 0 Å². The van der Waals surface area contributed by atoms with Crippen molar-refractivity contribution in [2.45, 2.75) is 5.41 Å². The minimum Gasteiger partial charge on any atom is -0.310 e. The molecule has 0 radical (unpaired) electrons. The molecule has 324 valence electrons. The van der Waals surface area contributed by atoms with Gasteiger partial charge < -0.3 is 9.47 Å². The molecule has 0 unspecified atom stereocenters. The first-order chi connectivity index (χ1) is 34.2. The molecule has 0 saturated carbocycles. The van der Waals surface area contributed by atoms with Crippen molar-refractivity contribution in [1.82, 2.24) is 4.57 Å². The van der Waals surface area contributed by atoms with Crippen LogP contribution in [0.4, 0.5) is 17.1 Å². The molecular formula is C67H46N2. The van der Waals surface area contributed by atoms with E-state index in [1.54, 1.807) is 0 Å². The van der Waals surface area contributed by atoms with Gasteiger partial charge in [0.05, 0.1) is 16.4 Å². The van der Waals surface area contributed by atoms with Crippen LogP contribution in [0.25, 0.3) is 72.0 Å². The van der Waals surface area contributed by atoms with Crippen molar-refractivity contribution >= 4 is 38.9 Å². The molecule has 0 N–H and O–H groups in total. The minimum atomic E-state index is -0.538. The van der Waals surface area contributed by atoms with Gasteiger partial charge in [-0.15, -0.1) is 0 Å². The summed E-state index contributed by atoms with van der Waals surface area (Å²) in [5.41, 5.74) is 20.9. The summed E-state index contributed by atoms with van der Waals surface area (Å²) in [6.07, 6.45) is 0. The van der Waals surface area contributed by atoms with Gasteiger partial charge >= 0.3 is 0 Å². The van der Waals surface area contributed by atoms with Gasteiger partial charge in [-0.1, -0.05) is 212 Å². The van der Waals surface area contributed by atoms with Crippen LogP contribution in [0.15, 0.2) is 279 Å². The molecule has 1 heterocycles. The molecule has 2 nitrogen and oxygen atoms in total. The Kier molecular flexibility index (Phi) is 9.77. The fourth-order valence-corrected chi connectivity index (χ4v) is 11.2. The van der Waals surface area contributed by atoms with Crippen molar-refractivity contribution in [2.24, 2.45) is 0 Å². The Morgan fingerprint density at radius 1 is 0.275 bits per heavy atom. The van der Waals surface area contributed by atoms with Gasteiger partial charge in [0, 0.05) is 33.5 Å². The van der Waals surface area contributed by atoms with E-state index in [0.717, 1.165) is 28.3 Å². The monoisotopic (exact) mass is 878 g/mol. The first kappa shape index (κ1) is 40.3. The van der Waals surface area contributed by atoms with Gasteiger partial charge in [-0.2, -0.15) is 0 Å². The van der Waals surface area contributed by atoms with Crippen molar-refractivity contribution in [3.63, 3.8) is 0 Å². The molecule has 0 fully saturated rings. The van der Waals surface area contributed by atoms with E-state index in [0.29, 0.717) is 0 Å². The third-order valence-electron chi connectivity index (χ3n) is 14.3. The minimum absolute atomic E-state index is 0.538. The summed E-state index contributed by atoms with van der Waals surface area (Å²) in [5.74, 6) is 0. The molecule has 12 aromatic rings. The largest absolute Gasteiger partial charge is 0.310 e. The Morgan fingerprint density at radius 2 is 0.768 bits per heavy atom. The maximum absolute atomic E-state index is 2.47. The molecule has 1 aliphatic carbocycles. The van der Waals surface area contributed by atoms with Gasteiger partial charge in [0.25, 0.3) is 0 Å². The van der Waals surface area contributed by atoms with E-state index < -0.39 is 5.41 Å². The predicted octanol–water partition coefficient (Wildman–Crippen LogP) is 17.6. The molecule has 1 aliphatic rings. The van der Waals surface area contributed by atoms with Gasteiger partial charge in [-0.3, -0.25) is 0 Å². The summed E-state index contributed by atoms with van der Waals surface area (Å²) in [4.78, 5) is 2.46. The summed E-state index contributed by atoms with van der Waals surface area (Å²) in [5, 5.41) is 2.45. The SMILES string of the molecule is c1ccc(-c2ccc(N(c3ccc(-c4ccccc4)c(-c4ccc5c(c4)c4ccccc4n5-c4ccccc4)c3)c3ccc4c(c3)C(c3ccccc3)(c3ccccc3)c3ccccc3-4)cc2)cc1. The summed E-state index contributed by atoms with van der Waals surface area (Å²) in [6.45, 7) is 0. The van der Waals surface area contributed by atoms with Gasteiger partial charge in [0.15, 0.2) is 0 Å². The molecular weight excluding hydrogens is 833 g/mol. The van der Waals surface area contributed by atoms with E-state index in [-0.39, 0.29) is 0 Å². The lowest BCUT2D eigenvalue weighted by atomic mass is 9.67. The van der Waals surface area contributed by atoms with Crippen LogP contribution < -0.4 is 4.90 Å². The van der Waals surface area contributed by atoms with Crippen LogP contribution in [0.5, 0.6) is 0 Å². The molecule has 1 aromatic heterocycles. The second-order valence-corrected chi connectivity index (χ2v) is 18.0. The van der Waals surface area contributed by atoms with E-state index in [1.165, 1.54) is 83.0 Å². The maximum atomic E-state index is 2.47. The fourth-order valence-electron chi connectivity index (χ4n) is 11.2. The number of aromatic nitrogens is 1. The first-order valence-corrected chi connectivity index (χ1v) is 23.8. The number of hydrogen-bond acceptors (Lipinski definition) is 1. The molecule has 69 heavy (non-hydrogen) atoms. The van der Waals surface area contributed by atoms with Gasteiger partial charge in [0.1, 0.15) is 0 Å². The summed E-state index contributed by atoms with van der Waals surface area (Å²) in [6, 6.07) is 102. The number of para-hydroxylation sites is 2. The first-order valence-electron chi connectivity index (χ1n) is 23.8. The molecule has 0 bridgehead atoms. The van der Waals surface area contributed by atoms with Crippen molar-refractivity contribution in [3.05, 3.63) is 301 Å². The standard InChI is InChI=1S/C67H46N2/c1-6-20-47(21-7-1)48-34-37-54(38-35-48)68(56-40-42-59-58-30-16-18-32-63(58)67(64(59)46-56,51-24-10-3-11-25-51)52-26-12-4-13-27-52)55-39-41-57(49-22-8-2-9-23-49)61(45-55)50-36-43-66-62(44-50)60-31-17-19-33-65(60)69(66)53-28-14-5-15-29-53/h1-46H. The summed E-state index contributed by atoms with van der Waals surface area (Å²) >= 11 is 0. The number of fused-ring (bicyclic) bond motifs is 6. The Labute approximate surface area is 403 Å². The zero-order valence-corrected chi connectivity index (χ0v) is 38.0. The lowest BCUT2D eigenvalue weighted by Gasteiger charge is -2.35. The third kappa shape index (κ3) is 6.64. The van der Waals surface area contributed by atoms with Gasteiger partial charge in [-0.25, -0.2) is 0 Å². The van der Waals surface area contributed by atoms with Crippen LogP contribution in [0.2, 0.25) is 0 Å². The lowest BCUT2D eigenvalue weighted by Crippen LogP contribution is -2.28. The topological polar surface area (TPSA) is 8.17 Å². The Hall–Kier alpha value is -8.98. The second-order valence-electron chi connectivity index (χ2n) is 18.0. The number of benzene rings is 11. The van der Waals surface area contributed by atoms with Crippen LogP contribution in [0.1, 0.15) is 22.3 Å². The second kappa shape index (κ2) is 16.7. The molecule has 0 aliphatic heterocycles. The number of rotatable bonds is 9. The Morgan fingerprint density at radius 3 is 1.46 bits per heavy atom. The van der Waals surface area contributed by atoms with Crippen molar-refractivity contribution in [1.29, 1.82) is 0 Å². The smallest absolute Gasteiger partial charge is 0.0714 e. The van der Waals surface area contributed by atoms with Crippen molar-refractivity contribution in [3.8, 4) is 50.2 Å². The average molecular weight is 879 g/mol. The number of anilines is 3. The van der Waals surface area contributed by atoms with Gasteiger partial charge in [-0.05, 0) is 133 Å². The normalized spacial score (nSPS) is 12.5. The Balaban J connectivity index is 1.05. The van der Waals surface area contributed by atoms with Crippen molar-refractivity contribution < 1.29 is 0 Å². The highest BCUT2D eigenvalue weighted by Crippen LogP contribution is 2.57. The summed E-state index contributed by atoms with van der Waals surface area (Å²) < 4.78 is 2.39. The predicted molar refractivity (Wildman–Crippen MR) is 289 cm³/mol. The van der Waals surface area contributed by atoms with Crippen LogP contribution in [0, 0.1) is 0 Å². The van der Waals surface area contributed by atoms with E-state index in [1.807, 2.05) is 0 Å². The molecule has 0 saturated heterocycles. The quantitative estimate of drug-likeness (QED) is 0.140. The van der Waals surface area contributed by atoms with Crippen LogP contribution in [-0.4, -0.2) is 4.57 Å². The summed E-state index contributed by atoms with van der Waals surface area (Å²) in [7, 11) is 0. The van der Waals surface area contributed by atoms with E-state index >= 15 is 0 Å². The van der Waals surface area contributed by atoms with Gasteiger partial charge in [0.2, 0.25) is 0 Å². The Bertz CT molecular complexity index is 3760. The molecule has 0 atom stereocenters.